The lowest BCUT2D eigenvalue weighted by atomic mass is 10.1. The van der Waals surface area contributed by atoms with Crippen molar-refractivity contribution in [2.24, 2.45) is 0 Å². The Labute approximate surface area is 195 Å². The van der Waals surface area contributed by atoms with Crippen LogP contribution in [0.3, 0.4) is 0 Å². The third-order valence-electron chi connectivity index (χ3n) is 4.28. The minimum atomic E-state index is -0.315. The van der Waals surface area contributed by atoms with E-state index in [4.69, 9.17) is 27.9 Å². The van der Waals surface area contributed by atoms with Crippen molar-refractivity contribution in [3.8, 4) is 5.75 Å². The zero-order valence-electron chi connectivity index (χ0n) is 16.7. The van der Waals surface area contributed by atoms with Crippen molar-refractivity contribution >= 4 is 58.2 Å². The first-order chi connectivity index (χ1) is 15.0. The molecule has 8 heteroatoms. The highest BCUT2D eigenvalue weighted by atomic mass is 35.5. The summed E-state index contributed by atoms with van der Waals surface area (Å²) < 4.78 is 5.12. The number of carbonyl (C=O) groups is 2. The van der Waals surface area contributed by atoms with Gasteiger partial charge in [-0.1, -0.05) is 41.4 Å². The van der Waals surface area contributed by atoms with Gasteiger partial charge >= 0.3 is 0 Å². The Hall–Kier alpha value is -2.67. The fraction of sp³-hybridized carbons (Fsp3) is 0.130. The zero-order valence-corrected chi connectivity index (χ0v) is 19.0. The van der Waals surface area contributed by atoms with E-state index in [0.717, 1.165) is 5.56 Å². The molecule has 0 radical (unpaired) electrons. The van der Waals surface area contributed by atoms with Gasteiger partial charge in [0.15, 0.2) is 0 Å². The highest BCUT2D eigenvalue weighted by Crippen LogP contribution is 2.25. The zero-order chi connectivity index (χ0) is 22.2. The molecule has 0 saturated heterocycles. The number of nitrogens with one attached hydrogen (secondary N) is 2. The number of hydrogen-bond donors (Lipinski definition) is 2. The number of hydrogen-bond acceptors (Lipinski definition) is 4. The van der Waals surface area contributed by atoms with Crippen LogP contribution in [0.15, 0.2) is 66.7 Å². The van der Waals surface area contributed by atoms with Crippen LogP contribution in [-0.4, -0.2) is 24.7 Å². The Bertz CT molecular complexity index is 1070. The number of benzene rings is 3. The number of halogens is 2. The van der Waals surface area contributed by atoms with Gasteiger partial charge in [-0.05, 0) is 54.1 Å². The fourth-order valence-corrected chi connectivity index (χ4v) is 3.84. The number of rotatable bonds is 8. The van der Waals surface area contributed by atoms with Crippen LogP contribution in [0.25, 0.3) is 0 Å². The van der Waals surface area contributed by atoms with E-state index in [0.29, 0.717) is 38.5 Å². The maximum atomic E-state index is 12.7. The Morgan fingerprint density at radius 2 is 1.68 bits per heavy atom. The largest absolute Gasteiger partial charge is 0.497 e. The van der Waals surface area contributed by atoms with E-state index in [1.165, 1.54) is 11.8 Å². The maximum absolute atomic E-state index is 12.7. The number of amides is 2. The predicted molar refractivity (Wildman–Crippen MR) is 129 cm³/mol. The van der Waals surface area contributed by atoms with Gasteiger partial charge in [0.1, 0.15) is 5.75 Å². The van der Waals surface area contributed by atoms with Gasteiger partial charge in [0, 0.05) is 11.4 Å². The van der Waals surface area contributed by atoms with Crippen LogP contribution in [0.2, 0.25) is 10.0 Å². The van der Waals surface area contributed by atoms with Crippen molar-refractivity contribution in [3.05, 3.63) is 87.9 Å². The summed E-state index contributed by atoms with van der Waals surface area (Å²) in [5, 5.41) is 6.62. The summed E-state index contributed by atoms with van der Waals surface area (Å²) in [6.45, 7) is 0. The molecule has 0 spiro atoms. The van der Waals surface area contributed by atoms with Gasteiger partial charge in [-0.15, -0.1) is 11.8 Å². The average molecular weight is 475 g/mol. The molecule has 0 aliphatic heterocycles. The maximum Gasteiger partial charge on any atom is 0.257 e. The number of carbonyl (C=O) groups excluding carboxylic acids is 2. The van der Waals surface area contributed by atoms with E-state index in [1.54, 1.807) is 67.8 Å². The summed E-state index contributed by atoms with van der Waals surface area (Å²) in [6, 6.07) is 19.3. The molecular formula is C23H20Cl2N2O3S. The van der Waals surface area contributed by atoms with E-state index in [-0.39, 0.29) is 17.6 Å². The van der Waals surface area contributed by atoms with Gasteiger partial charge in [0.05, 0.1) is 34.2 Å². The minimum Gasteiger partial charge on any atom is -0.497 e. The quantitative estimate of drug-likeness (QED) is 0.412. The molecule has 0 saturated carbocycles. The number of ether oxygens (including phenoxy) is 1. The molecule has 3 aromatic carbocycles. The van der Waals surface area contributed by atoms with E-state index in [1.807, 2.05) is 6.07 Å². The Balaban J connectivity index is 1.57. The van der Waals surface area contributed by atoms with Crippen LogP contribution < -0.4 is 15.4 Å². The molecule has 2 N–H and O–H groups in total. The van der Waals surface area contributed by atoms with E-state index >= 15 is 0 Å². The highest BCUT2D eigenvalue weighted by Gasteiger charge is 2.14. The molecule has 0 atom stereocenters. The fourth-order valence-electron chi connectivity index (χ4n) is 2.74. The number of anilines is 2. The second-order valence-electron chi connectivity index (χ2n) is 6.52. The monoisotopic (exact) mass is 474 g/mol. The topological polar surface area (TPSA) is 67.4 Å². The van der Waals surface area contributed by atoms with Gasteiger partial charge < -0.3 is 15.4 Å². The average Bonchev–Trinajstić information content (AvgIpc) is 2.77. The molecule has 0 unspecified atom stereocenters. The molecule has 0 heterocycles. The van der Waals surface area contributed by atoms with Crippen LogP contribution in [-0.2, 0) is 10.5 Å². The molecule has 3 aromatic rings. The molecular weight excluding hydrogens is 455 g/mol. The Kier molecular flexibility index (Phi) is 8.23. The molecule has 3 rings (SSSR count). The summed E-state index contributed by atoms with van der Waals surface area (Å²) in [4.78, 5) is 25.1. The van der Waals surface area contributed by atoms with Gasteiger partial charge in [-0.3, -0.25) is 9.59 Å². The van der Waals surface area contributed by atoms with E-state index < -0.39 is 0 Å². The Morgan fingerprint density at radius 3 is 2.39 bits per heavy atom. The normalized spacial score (nSPS) is 10.4. The lowest BCUT2D eigenvalue weighted by Gasteiger charge is -2.12. The molecule has 31 heavy (non-hydrogen) atoms. The second-order valence-corrected chi connectivity index (χ2v) is 8.32. The van der Waals surface area contributed by atoms with Crippen LogP contribution in [0.1, 0.15) is 15.9 Å². The van der Waals surface area contributed by atoms with Crippen molar-refractivity contribution in [1.29, 1.82) is 0 Å². The van der Waals surface area contributed by atoms with Crippen LogP contribution >= 0.6 is 35.0 Å². The third-order valence-corrected chi connectivity index (χ3v) is 6.02. The summed E-state index contributed by atoms with van der Waals surface area (Å²) in [7, 11) is 1.58. The minimum absolute atomic E-state index is 0.199. The first-order valence-electron chi connectivity index (χ1n) is 9.32. The van der Waals surface area contributed by atoms with Crippen LogP contribution in [0.4, 0.5) is 11.4 Å². The molecule has 0 aliphatic rings. The predicted octanol–water partition coefficient (Wildman–Crippen LogP) is 6.13. The van der Waals surface area contributed by atoms with Crippen LogP contribution in [0.5, 0.6) is 5.75 Å². The van der Waals surface area contributed by atoms with Crippen molar-refractivity contribution < 1.29 is 14.3 Å². The van der Waals surface area contributed by atoms with Gasteiger partial charge in [0.25, 0.3) is 5.91 Å². The van der Waals surface area contributed by atoms with Crippen LogP contribution in [0, 0.1) is 0 Å². The molecule has 2 amide bonds. The summed E-state index contributed by atoms with van der Waals surface area (Å²) in [6.07, 6.45) is 0. The van der Waals surface area contributed by atoms with Gasteiger partial charge in [-0.2, -0.15) is 0 Å². The summed E-state index contributed by atoms with van der Waals surface area (Å²) >= 11 is 13.4. The molecule has 0 aromatic heterocycles. The molecule has 0 aliphatic carbocycles. The van der Waals surface area contributed by atoms with E-state index in [9.17, 15) is 9.59 Å². The molecule has 5 nitrogen and oxygen atoms in total. The lowest BCUT2D eigenvalue weighted by Crippen LogP contribution is -2.19. The first kappa shape index (κ1) is 23.0. The van der Waals surface area contributed by atoms with Gasteiger partial charge in [0.2, 0.25) is 5.91 Å². The summed E-state index contributed by atoms with van der Waals surface area (Å²) in [5.41, 5.74) is 2.44. The van der Waals surface area contributed by atoms with Crippen molar-refractivity contribution in [1.82, 2.24) is 0 Å². The highest BCUT2D eigenvalue weighted by molar-refractivity contribution is 7.99. The van der Waals surface area contributed by atoms with Crippen molar-refractivity contribution in [2.75, 3.05) is 23.5 Å². The van der Waals surface area contributed by atoms with Crippen molar-refractivity contribution in [2.45, 2.75) is 5.75 Å². The van der Waals surface area contributed by atoms with E-state index in [2.05, 4.69) is 10.6 Å². The second kappa shape index (κ2) is 11.1. The molecule has 160 valence electrons. The molecule has 0 fully saturated rings. The lowest BCUT2D eigenvalue weighted by molar-refractivity contribution is -0.113. The first-order valence-corrected chi connectivity index (χ1v) is 11.2. The third kappa shape index (κ3) is 6.66. The number of para-hydroxylation sites is 1. The SMILES string of the molecule is COc1ccc(NC(=O)c2ccccc2NC(=O)CSCc2ccc(Cl)c(Cl)c2)cc1. The standard InChI is InChI=1S/C23H20Cl2N2O3S/c1-30-17-9-7-16(8-10-17)26-23(29)18-4-2-3-5-21(18)27-22(28)14-31-13-15-6-11-19(24)20(25)12-15/h2-12H,13-14H2,1H3,(H,26,29)(H,27,28). The smallest absolute Gasteiger partial charge is 0.257 e. The Morgan fingerprint density at radius 1 is 0.935 bits per heavy atom. The van der Waals surface area contributed by atoms with Crippen molar-refractivity contribution in [3.63, 3.8) is 0 Å². The number of methoxy groups -OCH3 is 1. The molecule has 0 bridgehead atoms. The number of thioether (sulfide) groups is 1. The van der Waals surface area contributed by atoms with Gasteiger partial charge in [-0.25, -0.2) is 0 Å². The summed E-state index contributed by atoms with van der Waals surface area (Å²) in [5.74, 6) is 1.03.